The van der Waals surface area contributed by atoms with Gasteiger partial charge in [0.1, 0.15) is 5.82 Å². The standard InChI is InChI=1S/C14H23N3/c1-4-15-11(3)12-6-9-14(16-10-12)17(5-2)13-7-8-13/h6,9-11,13,15H,4-5,7-8H2,1-3H3. The Morgan fingerprint density at radius 2 is 2.18 bits per heavy atom. The van der Waals surface area contributed by atoms with Gasteiger partial charge in [0.25, 0.3) is 0 Å². The summed E-state index contributed by atoms with van der Waals surface area (Å²) in [6.07, 6.45) is 4.66. The van der Waals surface area contributed by atoms with E-state index in [2.05, 4.69) is 48.1 Å². The SMILES string of the molecule is CCNC(C)c1ccc(N(CC)C2CC2)nc1. The number of nitrogens with zero attached hydrogens (tertiary/aromatic N) is 2. The van der Waals surface area contributed by atoms with Crippen molar-refractivity contribution in [2.24, 2.45) is 0 Å². The smallest absolute Gasteiger partial charge is 0.128 e. The van der Waals surface area contributed by atoms with Gasteiger partial charge in [-0.05, 0) is 44.9 Å². The van der Waals surface area contributed by atoms with E-state index in [1.807, 2.05) is 6.20 Å². The van der Waals surface area contributed by atoms with E-state index in [0.29, 0.717) is 6.04 Å². The number of anilines is 1. The molecule has 2 rings (SSSR count). The summed E-state index contributed by atoms with van der Waals surface area (Å²) in [5.41, 5.74) is 1.27. The maximum Gasteiger partial charge on any atom is 0.128 e. The van der Waals surface area contributed by atoms with Gasteiger partial charge >= 0.3 is 0 Å². The van der Waals surface area contributed by atoms with Crippen LogP contribution >= 0.6 is 0 Å². The minimum atomic E-state index is 0.387. The monoisotopic (exact) mass is 233 g/mol. The second-order valence-corrected chi connectivity index (χ2v) is 4.75. The number of nitrogens with one attached hydrogen (secondary N) is 1. The highest BCUT2D eigenvalue weighted by molar-refractivity contribution is 5.42. The van der Waals surface area contributed by atoms with Crippen LogP contribution in [0.1, 0.15) is 45.2 Å². The molecule has 0 amide bonds. The summed E-state index contributed by atoms with van der Waals surface area (Å²) in [5, 5.41) is 3.41. The van der Waals surface area contributed by atoms with Crippen molar-refractivity contribution in [3.63, 3.8) is 0 Å². The number of hydrogen-bond donors (Lipinski definition) is 1. The van der Waals surface area contributed by atoms with Crippen molar-refractivity contribution >= 4 is 5.82 Å². The fraction of sp³-hybridized carbons (Fsp3) is 0.643. The quantitative estimate of drug-likeness (QED) is 0.819. The number of hydrogen-bond acceptors (Lipinski definition) is 3. The minimum absolute atomic E-state index is 0.387. The molecule has 0 saturated heterocycles. The molecule has 0 radical (unpaired) electrons. The first-order valence-electron chi connectivity index (χ1n) is 6.72. The normalized spacial score (nSPS) is 16.9. The molecule has 1 aromatic heterocycles. The Morgan fingerprint density at radius 1 is 1.41 bits per heavy atom. The number of rotatable bonds is 6. The maximum absolute atomic E-state index is 4.60. The minimum Gasteiger partial charge on any atom is -0.354 e. The largest absolute Gasteiger partial charge is 0.354 e. The Morgan fingerprint density at radius 3 is 2.65 bits per heavy atom. The first kappa shape index (κ1) is 12.4. The molecule has 1 N–H and O–H groups in total. The summed E-state index contributed by atoms with van der Waals surface area (Å²) >= 11 is 0. The van der Waals surface area contributed by atoms with Crippen LogP contribution in [0.25, 0.3) is 0 Å². The highest BCUT2D eigenvalue weighted by Gasteiger charge is 2.28. The first-order valence-corrected chi connectivity index (χ1v) is 6.72. The first-order chi connectivity index (χ1) is 8.26. The van der Waals surface area contributed by atoms with Crippen LogP contribution in [-0.4, -0.2) is 24.1 Å². The van der Waals surface area contributed by atoms with Crippen molar-refractivity contribution < 1.29 is 0 Å². The second-order valence-electron chi connectivity index (χ2n) is 4.75. The molecule has 0 bridgehead atoms. The third kappa shape index (κ3) is 2.97. The van der Waals surface area contributed by atoms with Crippen LogP contribution in [0.15, 0.2) is 18.3 Å². The van der Waals surface area contributed by atoms with Gasteiger partial charge in [-0.3, -0.25) is 0 Å². The summed E-state index contributed by atoms with van der Waals surface area (Å²) in [4.78, 5) is 7.00. The van der Waals surface area contributed by atoms with Gasteiger partial charge in [0.2, 0.25) is 0 Å². The lowest BCUT2D eigenvalue weighted by Crippen LogP contribution is -2.26. The molecule has 1 atom stereocenters. The van der Waals surface area contributed by atoms with Gasteiger partial charge in [0, 0.05) is 24.8 Å². The summed E-state index contributed by atoms with van der Waals surface area (Å²) in [7, 11) is 0. The zero-order valence-electron chi connectivity index (χ0n) is 11.1. The van der Waals surface area contributed by atoms with E-state index in [-0.39, 0.29) is 0 Å². The molecule has 1 aliphatic carbocycles. The van der Waals surface area contributed by atoms with Gasteiger partial charge in [0.05, 0.1) is 0 Å². The summed E-state index contributed by atoms with van der Waals surface area (Å²) in [6.45, 7) is 8.56. The Kier molecular flexibility index (Phi) is 4.00. The topological polar surface area (TPSA) is 28.2 Å². The van der Waals surface area contributed by atoms with Gasteiger partial charge < -0.3 is 10.2 Å². The van der Waals surface area contributed by atoms with Crippen molar-refractivity contribution in [2.75, 3.05) is 18.0 Å². The van der Waals surface area contributed by atoms with Crippen LogP contribution in [0, 0.1) is 0 Å². The molecule has 1 fully saturated rings. The van der Waals surface area contributed by atoms with Crippen LogP contribution < -0.4 is 10.2 Å². The van der Waals surface area contributed by atoms with E-state index in [1.165, 1.54) is 18.4 Å². The fourth-order valence-corrected chi connectivity index (χ4v) is 2.24. The molecule has 3 nitrogen and oxygen atoms in total. The fourth-order valence-electron chi connectivity index (χ4n) is 2.24. The third-order valence-electron chi connectivity index (χ3n) is 3.40. The lowest BCUT2D eigenvalue weighted by atomic mass is 10.1. The predicted octanol–water partition coefficient (Wildman–Crippen LogP) is 2.74. The molecule has 17 heavy (non-hydrogen) atoms. The van der Waals surface area contributed by atoms with Gasteiger partial charge in [-0.2, -0.15) is 0 Å². The van der Waals surface area contributed by atoms with Crippen molar-refractivity contribution in [3.8, 4) is 0 Å². The van der Waals surface area contributed by atoms with Crippen molar-refractivity contribution in [1.82, 2.24) is 10.3 Å². The maximum atomic E-state index is 4.60. The molecule has 1 aliphatic rings. The highest BCUT2D eigenvalue weighted by Crippen LogP contribution is 2.30. The zero-order chi connectivity index (χ0) is 12.3. The zero-order valence-corrected chi connectivity index (χ0v) is 11.1. The average molecular weight is 233 g/mol. The molecule has 0 aliphatic heterocycles. The molecular weight excluding hydrogens is 210 g/mol. The molecule has 0 aromatic carbocycles. The summed E-state index contributed by atoms with van der Waals surface area (Å²) in [5.74, 6) is 1.13. The average Bonchev–Trinajstić information content (AvgIpc) is 3.16. The summed E-state index contributed by atoms with van der Waals surface area (Å²) in [6, 6.07) is 5.48. The highest BCUT2D eigenvalue weighted by atomic mass is 15.2. The van der Waals surface area contributed by atoms with E-state index < -0.39 is 0 Å². The molecule has 0 spiro atoms. The number of pyridine rings is 1. The van der Waals surface area contributed by atoms with Crippen LogP contribution in [0.2, 0.25) is 0 Å². The van der Waals surface area contributed by atoms with Crippen LogP contribution in [0.3, 0.4) is 0 Å². The number of aromatic nitrogens is 1. The van der Waals surface area contributed by atoms with Gasteiger partial charge in [-0.25, -0.2) is 4.98 Å². The Hall–Kier alpha value is -1.09. The van der Waals surface area contributed by atoms with Crippen molar-refractivity contribution in [2.45, 2.75) is 45.7 Å². The molecular formula is C14H23N3. The molecule has 1 unspecified atom stereocenters. The molecule has 1 heterocycles. The van der Waals surface area contributed by atoms with E-state index in [9.17, 15) is 0 Å². The lowest BCUT2D eigenvalue weighted by molar-refractivity contribution is 0.596. The predicted molar refractivity (Wildman–Crippen MR) is 72.4 cm³/mol. The Labute approximate surface area is 104 Å². The van der Waals surface area contributed by atoms with Gasteiger partial charge in [0.15, 0.2) is 0 Å². The summed E-state index contributed by atoms with van der Waals surface area (Å²) < 4.78 is 0. The van der Waals surface area contributed by atoms with E-state index in [1.54, 1.807) is 0 Å². The van der Waals surface area contributed by atoms with E-state index in [0.717, 1.165) is 24.9 Å². The van der Waals surface area contributed by atoms with Gasteiger partial charge in [-0.1, -0.05) is 13.0 Å². The Bertz CT molecular complexity index is 343. The second kappa shape index (κ2) is 5.50. The molecule has 1 aromatic rings. The molecule has 94 valence electrons. The lowest BCUT2D eigenvalue weighted by Gasteiger charge is -2.22. The van der Waals surface area contributed by atoms with Crippen molar-refractivity contribution in [3.05, 3.63) is 23.9 Å². The molecule has 1 saturated carbocycles. The Balaban J connectivity index is 2.06. The van der Waals surface area contributed by atoms with E-state index >= 15 is 0 Å². The van der Waals surface area contributed by atoms with E-state index in [4.69, 9.17) is 0 Å². The van der Waals surface area contributed by atoms with Crippen LogP contribution in [0.4, 0.5) is 5.82 Å². The van der Waals surface area contributed by atoms with Crippen LogP contribution in [0.5, 0.6) is 0 Å². The molecule has 3 heteroatoms. The van der Waals surface area contributed by atoms with Gasteiger partial charge in [-0.15, -0.1) is 0 Å². The third-order valence-corrected chi connectivity index (χ3v) is 3.40. The van der Waals surface area contributed by atoms with Crippen molar-refractivity contribution in [1.29, 1.82) is 0 Å². The van der Waals surface area contributed by atoms with Crippen LogP contribution in [-0.2, 0) is 0 Å².